The summed E-state index contributed by atoms with van der Waals surface area (Å²) in [5, 5.41) is 7.37. The average molecular weight is 792 g/mol. The Morgan fingerprint density at radius 2 is 1.54 bits per heavy atom. The highest BCUT2D eigenvalue weighted by Gasteiger charge is 2.70. The molecule has 0 unspecified atom stereocenters. The molecule has 10 atom stereocenters. The highest BCUT2D eigenvalue weighted by molar-refractivity contribution is 6.30. The molecule has 0 aliphatic heterocycles. The molecule has 6 aliphatic carbocycles. The minimum absolute atomic E-state index is 0.0377. The zero-order chi connectivity index (χ0) is 41.0. The first-order chi connectivity index (χ1) is 26.0. The van der Waals surface area contributed by atoms with Crippen molar-refractivity contribution in [3.8, 4) is 0 Å². The van der Waals surface area contributed by atoms with Crippen molar-refractivity contribution in [3.63, 3.8) is 0 Å². The van der Waals surface area contributed by atoms with Gasteiger partial charge in [0, 0.05) is 22.3 Å². The molecule has 0 heterocycles. The first kappa shape index (κ1) is 41.3. The number of ketones is 1. The molecular formula is C47H67ClN2O6. The summed E-state index contributed by atoms with van der Waals surface area (Å²) >= 11 is 6.18. The van der Waals surface area contributed by atoms with Crippen molar-refractivity contribution < 1.29 is 28.7 Å². The number of nitrogens with one attached hydrogen (secondary N) is 2. The number of allylic oxidation sites excluding steroid dienone is 1. The Labute approximate surface area is 340 Å². The molecule has 1 aromatic rings. The number of benzene rings is 1. The number of hydrogen-bond donors (Lipinski definition) is 2. The smallest absolute Gasteiger partial charge is 0.316 e. The number of rotatable bonds is 8. The van der Waals surface area contributed by atoms with E-state index < -0.39 is 16.5 Å². The number of carbonyl (C=O) groups is 4. The van der Waals surface area contributed by atoms with E-state index in [1.165, 1.54) is 5.57 Å². The van der Waals surface area contributed by atoms with E-state index in [-0.39, 0.29) is 69.4 Å². The SMILES string of the molecule is CC(C)C1=C2[C@H]3CC[C@@H]4[C@@]5(C)CC[C@H](OC(=O)[C@H]6C[C@@H](OC=O)C6(C)C)C(C)(C)[C@@H]5CC[C@@]4(C)[C@]3(C)CC[C@@]2(NC(=O)NC(C)(C)c2ccc(Cl)cc2)CC1=O. The molecule has 0 bridgehead atoms. The molecule has 7 rings (SSSR count). The molecule has 5 fully saturated rings. The Morgan fingerprint density at radius 3 is 2.16 bits per heavy atom. The normalized spacial score (nSPS) is 39.6. The molecule has 1 aromatic carbocycles. The van der Waals surface area contributed by atoms with Crippen molar-refractivity contribution in [1.29, 1.82) is 0 Å². The number of esters is 1. The monoisotopic (exact) mass is 790 g/mol. The Kier molecular flexibility index (Phi) is 10.0. The van der Waals surface area contributed by atoms with Gasteiger partial charge in [0.1, 0.15) is 12.2 Å². The summed E-state index contributed by atoms with van der Waals surface area (Å²) in [4.78, 5) is 52.9. The van der Waals surface area contributed by atoms with Gasteiger partial charge in [-0.15, -0.1) is 0 Å². The second kappa shape index (κ2) is 13.6. The number of Topliss-reactive ketones (excluding diaryl/α,β-unsaturated/α-hetero) is 1. The summed E-state index contributed by atoms with van der Waals surface area (Å²) in [5.74, 6) is 0.919. The molecule has 9 heteroatoms. The van der Waals surface area contributed by atoms with Crippen LogP contribution in [0.3, 0.4) is 0 Å². The summed E-state index contributed by atoms with van der Waals surface area (Å²) in [6, 6.07) is 7.34. The van der Waals surface area contributed by atoms with Crippen LogP contribution in [0.1, 0.15) is 146 Å². The lowest BCUT2D eigenvalue weighted by molar-refractivity contribution is -0.236. The highest BCUT2D eigenvalue weighted by atomic mass is 35.5. The lowest BCUT2D eigenvalue weighted by Crippen LogP contribution is -2.68. The second-order valence-corrected chi connectivity index (χ2v) is 22.0. The van der Waals surface area contributed by atoms with Gasteiger partial charge in [0.05, 0.1) is 17.0 Å². The molecule has 2 N–H and O–H groups in total. The van der Waals surface area contributed by atoms with Crippen LogP contribution < -0.4 is 10.6 Å². The topological polar surface area (TPSA) is 111 Å². The number of halogens is 1. The van der Waals surface area contributed by atoms with E-state index in [0.717, 1.165) is 62.5 Å². The van der Waals surface area contributed by atoms with E-state index in [9.17, 15) is 19.2 Å². The quantitative estimate of drug-likeness (QED) is 0.200. The molecule has 6 aliphatic rings. The van der Waals surface area contributed by atoms with E-state index in [2.05, 4.69) is 59.1 Å². The minimum Gasteiger partial charge on any atom is -0.464 e. The molecular weight excluding hydrogens is 724 g/mol. The molecule has 8 nitrogen and oxygen atoms in total. The summed E-state index contributed by atoms with van der Waals surface area (Å²) < 4.78 is 11.7. The van der Waals surface area contributed by atoms with Crippen molar-refractivity contribution in [1.82, 2.24) is 10.6 Å². The van der Waals surface area contributed by atoms with Crippen LogP contribution >= 0.6 is 11.6 Å². The van der Waals surface area contributed by atoms with Crippen LogP contribution in [0.25, 0.3) is 0 Å². The number of hydrogen-bond acceptors (Lipinski definition) is 6. The summed E-state index contributed by atoms with van der Waals surface area (Å²) in [5.41, 5.74) is 1.22. The largest absolute Gasteiger partial charge is 0.464 e. The predicted molar refractivity (Wildman–Crippen MR) is 219 cm³/mol. The fourth-order valence-electron chi connectivity index (χ4n) is 14.2. The molecule has 308 valence electrons. The van der Waals surface area contributed by atoms with E-state index in [0.29, 0.717) is 36.2 Å². The zero-order valence-corrected chi connectivity index (χ0v) is 36.6. The fourth-order valence-corrected chi connectivity index (χ4v) is 14.3. The molecule has 5 saturated carbocycles. The van der Waals surface area contributed by atoms with E-state index in [1.54, 1.807) is 0 Å². The molecule has 0 aromatic heterocycles. The van der Waals surface area contributed by atoms with E-state index >= 15 is 0 Å². The lowest BCUT2D eigenvalue weighted by atomic mass is 9.33. The van der Waals surface area contributed by atoms with Gasteiger partial charge in [-0.05, 0) is 140 Å². The van der Waals surface area contributed by atoms with Gasteiger partial charge in [0.15, 0.2) is 5.78 Å². The summed E-state index contributed by atoms with van der Waals surface area (Å²) in [6.07, 6.45) is 8.20. The van der Waals surface area contributed by atoms with Crippen LogP contribution in [-0.2, 0) is 29.4 Å². The lowest BCUT2D eigenvalue weighted by Gasteiger charge is -2.72. The minimum atomic E-state index is -0.691. The van der Waals surface area contributed by atoms with Crippen LogP contribution in [0, 0.1) is 56.7 Å². The van der Waals surface area contributed by atoms with Gasteiger partial charge in [0.2, 0.25) is 0 Å². The third-order valence-corrected chi connectivity index (χ3v) is 17.9. The Bertz CT molecular complexity index is 1820. The number of amides is 2. The Morgan fingerprint density at radius 1 is 0.857 bits per heavy atom. The molecule has 0 radical (unpaired) electrons. The number of urea groups is 1. The molecule has 0 saturated heterocycles. The van der Waals surface area contributed by atoms with Crippen LogP contribution in [0.5, 0.6) is 0 Å². The van der Waals surface area contributed by atoms with Gasteiger partial charge in [-0.3, -0.25) is 14.4 Å². The maximum absolute atomic E-state index is 14.1. The van der Waals surface area contributed by atoms with Gasteiger partial charge in [-0.1, -0.05) is 86.0 Å². The van der Waals surface area contributed by atoms with Crippen molar-refractivity contribution in [2.45, 2.75) is 164 Å². The predicted octanol–water partition coefficient (Wildman–Crippen LogP) is 10.1. The highest BCUT2D eigenvalue weighted by Crippen LogP contribution is 2.76. The van der Waals surface area contributed by atoms with Crippen LogP contribution in [0.2, 0.25) is 5.02 Å². The van der Waals surface area contributed by atoms with Crippen LogP contribution in [0.4, 0.5) is 4.79 Å². The first-order valence-electron chi connectivity index (χ1n) is 21.4. The van der Waals surface area contributed by atoms with Crippen molar-refractivity contribution >= 4 is 35.9 Å². The van der Waals surface area contributed by atoms with Crippen molar-refractivity contribution in [2.24, 2.45) is 56.7 Å². The van der Waals surface area contributed by atoms with Crippen LogP contribution in [-0.4, -0.2) is 42.0 Å². The van der Waals surface area contributed by atoms with E-state index in [4.69, 9.17) is 21.1 Å². The third kappa shape index (κ3) is 6.02. The van der Waals surface area contributed by atoms with Crippen molar-refractivity contribution in [3.05, 3.63) is 46.0 Å². The van der Waals surface area contributed by atoms with Crippen LogP contribution in [0.15, 0.2) is 35.4 Å². The standard InChI is InChI=1S/C47H67ClN2O6/c1-27(2)37-32(52)25-47(50-40(54)49-43(7,8)28-12-14-29(48)15-13-28)23-22-45(10)30(38(37)47)16-17-34-44(9)20-19-35(42(5,6)33(44)18-21-46(34,45)11)56-39(53)31-24-36(55-26-51)41(31,3)4/h12-15,26-27,30-31,33-36H,16-25H2,1-11H3,(H2,49,50,54)/t30-,31-,33+,34-,35+,36-,44+,45-,46-,47-/m1/s1. The van der Waals surface area contributed by atoms with Crippen molar-refractivity contribution in [2.75, 3.05) is 0 Å². The number of carbonyl (C=O) groups excluding carboxylic acids is 4. The molecule has 56 heavy (non-hydrogen) atoms. The maximum Gasteiger partial charge on any atom is 0.316 e. The molecule has 2 amide bonds. The summed E-state index contributed by atoms with van der Waals surface area (Å²) in [7, 11) is 0. The zero-order valence-electron chi connectivity index (χ0n) is 35.8. The fraction of sp³-hybridized carbons (Fsp3) is 0.745. The Hall–Kier alpha value is -2.87. The maximum atomic E-state index is 14.1. The summed E-state index contributed by atoms with van der Waals surface area (Å²) in [6.45, 7) is 25.0. The van der Waals surface area contributed by atoms with Gasteiger partial charge in [-0.25, -0.2) is 4.79 Å². The van der Waals surface area contributed by atoms with Gasteiger partial charge in [0.25, 0.3) is 6.47 Å². The van der Waals surface area contributed by atoms with Gasteiger partial charge < -0.3 is 20.1 Å². The molecule has 0 spiro atoms. The average Bonchev–Trinajstić information content (AvgIpc) is 3.39. The van der Waals surface area contributed by atoms with Gasteiger partial charge >= 0.3 is 12.0 Å². The number of ether oxygens (including phenoxy) is 2. The van der Waals surface area contributed by atoms with Gasteiger partial charge in [-0.2, -0.15) is 0 Å². The third-order valence-electron chi connectivity index (χ3n) is 17.7. The first-order valence-corrected chi connectivity index (χ1v) is 21.8. The van der Waals surface area contributed by atoms with E-state index in [1.807, 2.05) is 52.0 Å². The Balaban J connectivity index is 1.13. The second-order valence-electron chi connectivity index (χ2n) is 21.6. The number of fused-ring (bicyclic) bond motifs is 7.